The normalized spacial score (nSPS) is 18.4. The van der Waals surface area contributed by atoms with E-state index in [1.54, 1.807) is 0 Å². The van der Waals surface area contributed by atoms with E-state index in [1.165, 1.54) is 77.5 Å². The van der Waals surface area contributed by atoms with Crippen LogP contribution in [0.5, 0.6) is 0 Å². The molecule has 2 heteroatoms. The van der Waals surface area contributed by atoms with E-state index in [0.29, 0.717) is 0 Å². The van der Waals surface area contributed by atoms with Gasteiger partial charge in [-0.2, -0.15) is 0 Å². The van der Waals surface area contributed by atoms with Crippen molar-refractivity contribution in [2.45, 2.75) is 17.3 Å². The highest BCUT2D eigenvalue weighted by Gasteiger charge is 2.58. The second kappa shape index (κ2) is 15.9. The Morgan fingerprint density at radius 1 is 0.400 bits per heavy atom. The third-order valence-electron chi connectivity index (χ3n) is 15.7. The number of anilines is 3. The number of para-hydroxylation sites is 2. The first-order chi connectivity index (χ1) is 34.7. The summed E-state index contributed by atoms with van der Waals surface area (Å²) in [7, 11) is 0. The minimum atomic E-state index is -0.538. The molecule has 0 radical (unpaired) electrons. The van der Waals surface area contributed by atoms with E-state index in [0.717, 1.165) is 34.7 Å². The second-order valence-electron chi connectivity index (χ2n) is 19.1. The summed E-state index contributed by atoms with van der Waals surface area (Å²) in [6, 6.07) is 93.0. The molecule has 3 unspecified atom stereocenters. The Hall–Kier alpha value is -8.72. The lowest BCUT2D eigenvalue weighted by Crippen LogP contribution is -2.47. The number of rotatable bonds is 8. The second-order valence-corrected chi connectivity index (χ2v) is 19.1. The van der Waals surface area contributed by atoms with Crippen LogP contribution < -0.4 is 4.90 Å². The first kappa shape index (κ1) is 40.4. The van der Waals surface area contributed by atoms with Crippen molar-refractivity contribution in [3.8, 4) is 27.9 Å². The lowest BCUT2D eigenvalue weighted by Gasteiger charge is -2.52. The van der Waals surface area contributed by atoms with Gasteiger partial charge in [0.2, 0.25) is 0 Å². The number of aromatic nitrogens is 1. The standard InChI is InChI=1S/C68H48N2/c1-5-21-47(22-6-1)48-39-41-53(42-40-48)70-64-38-18-14-32-57(64)58-44-43-55(46-65(58)70)69(52-28-11-4-12-29-52)54-30-19-27-51(45-54)67(49-23-7-2-8-24-49)61-35-16-17-36-62(61)68(50-25-9-3-10-26-50)60-34-15-13-31-56(60)59-33-20-37-63(67)66(59)68/h1-23,25-46,49H,24H2. The first-order valence-electron chi connectivity index (χ1n) is 24.6. The molecule has 0 bridgehead atoms. The van der Waals surface area contributed by atoms with Crippen LogP contribution in [-0.4, -0.2) is 4.57 Å². The van der Waals surface area contributed by atoms with Gasteiger partial charge in [0.1, 0.15) is 0 Å². The lowest BCUT2D eigenvalue weighted by atomic mass is 9.49. The van der Waals surface area contributed by atoms with E-state index in [4.69, 9.17) is 0 Å². The first-order valence-corrected chi connectivity index (χ1v) is 24.6. The van der Waals surface area contributed by atoms with Gasteiger partial charge in [0.15, 0.2) is 0 Å². The maximum atomic E-state index is 2.51. The zero-order valence-electron chi connectivity index (χ0n) is 38.7. The zero-order chi connectivity index (χ0) is 46.2. The summed E-state index contributed by atoms with van der Waals surface area (Å²) in [4.78, 5) is 2.46. The number of fused-ring (bicyclic) bond motifs is 8. The Bertz CT molecular complexity index is 3860. The number of nitrogens with zero attached hydrogens (tertiary/aromatic N) is 2. The topological polar surface area (TPSA) is 8.17 Å². The smallest absolute Gasteiger partial charge is 0.0719 e. The molecule has 0 aliphatic heterocycles. The van der Waals surface area contributed by atoms with Gasteiger partial charge in [-0.15, -0.1) is 0 Å². The van der Waals surface area contributed by atoms with Gasteiger partial charge in [-0.25, -0.2) is 0 Å². The predicted octanol–water partition coefficient (Wildman–Crippen LogP) is 17.1. The molecule has 11 aromatic rings. The molecule has 3 aliphatic carbocycles. The van der Waals surface area contributed by atoms with Crippen molar-refractivity contribution >= 4 is 38.9 Å². The van der Waals surface area contributed by atoms with E-state index in [9.17, 15) is 0 Å². The molecule has 0 fully saturated rings. The third kappa shape index (κ3) is 5.74. The molecule has 0 amide bonds. The maximum Gasteiger partial charge on any atom is 0.0719 e. The van der Waals surface area contributed by atoms with Crippen LogP contribution in [0.1, 0.15) is 45.4 Å². The third-order valence-corrected chi connectivity index (χ3v) is 15.7. The quantitative estimate of drug-likeness (QED) is 0.148. The Kier molecular flexibility index (Phi) is 9.19. The van der Waals surface area contributed by atoms with E-state index < -0.39 is 10.8 Å². The molecule has 330 valence electrons. The summed E-state index contributed by atoms with van der Waals surface area (Å²) >= 11 is 0. The van der Waals surface area contributed by atoms with Gasteiger partial charge >= 0.3 is 0 Å². The minimum absolute atomic E-state index is 0.142. The number of hydrogen-bond acceptors (Lipinski definition) is 1. The molecule has 0 saturated heterocycles. The molecule has 3 aliphatic rings. The van der Waals surface area contributed by atoms with Crippen LogP contribution >= 0.6 is 0 Å². The van der Waals surface area contributed by atoms with Crippen LogP contribution in [0.25, 0.3) is 49.7 Å². The summed E-state index contributed by atoms with van der Waals surface area (Å²) in [5.41, 5.74) is 20.3. The largest absolute Gasteiger partial charge is 0.310 e. The molecule has 0 saturated carbocycles. The van der Waals surface area contributed by atoms with Crippen LogP contribution in [0.15, 0.2) is 273 Å². The minimum Gasteiger partial charge on any atom is -0.310 e. The average molecular weight is 893 g/mol. The van der Waals surface area contributed by atoms with Gasteiger partial charge in [0.25, 0.3) is 0 Å². The molecule has 1 heterocycles. The Balaban J connectivity index is 1.01. The van der Waals surface area contributed by atoms with Gasteiger partial charge in [-0.3, -0.25) is 0 Å². The fourth-order valence-corrected chi connectivity index (χ4v) is 13.0. The number of benzene rings is 10. The molecule has 10 aromatic carbocycles. The zero-order valence-corrected chi connectivity index (χ0v) is 38.7. The Morgan fingerprint density at radius 2 is 1.00 bits per heavy atom. The van der Waals surface area contributed by atoms with Crippen molar-refractivity contribution in [1.29, 1.82) is 0 Å². The molecular weight excluding hydrogens is 845 g/mol. The highest BCUT2D eigenvalue weighted by molar-refractivity contribution is 6.10. The predicted molar refractivity (Wildman–Crippen MR) is 291 cm³/mol. The molecule has 14 rings (SSSR count). The van der Waals surface area contributed by atoms with Crippen LogP contribution in [0.4, 0.5) is 17.1 Å². The number of hydrogen-bond donors (Lipinski definition) is 0. The number of allylic oxidation sites excluding steroid dienone is 4. The van der Waals surface area contributed by atoms with Crippen molar-refractivity contribution in [1.82, 2.24) is 4.57 Å². The van der Waals surface area contributed by atoms with Gasteiger partial charge in [-0.05, 0) is 128 Å². The van der Waals surface area contributed by atoms with Gasteiger partial charge in [0.05, 0.1) is 21.9 Å². The van der Waals surface area contributed by atoms with Crippen LogP contribution in [0, 0.1) is 5.92 Å². The van der Waals surface area contributed by atoms with E-state index in [-0.39, 0.29) is 5.92 Å². The van der Waals surface area contributed by atoms with Crippen LogP contribution in [0.2, 0.25) is 0 Å². The van der Waals surface area contributed by atoms with Crippen LogP contribution in [0.3, 0.4) is 0 Å². The van der Waals surface area contributed by atoms with Gasteiger partial charge in [0, 0.05) is 33.5 Å². The summed E-state index contributed by atoms with van der Waals surface area (Å²) < 4.78 is 2.44. The lowest BCUT2D eigenvalue weighted by molar-refractivity contribution is 0.424. The van der Waals surface area contributed by atoms with Crippen molar-refractivity contribution < 1.29 is 0 Å². The molecule has 0 spiro atoms. The van der Waals surface area contributed by atoms with Gasteiger partial charge in [-0.1, -0.05) is 218 Å². The molecule has 70 heavy (non-hydrogen) atoms. The SMILES string of the molecule is C1=CCC(C2(c3cccc(N(c4ccccc4)c4ccc5c6ccccc6n(-c6ccc(-c7ccccc7)cc6)c5c4)c3)c3ccccc3C3(c4ccccc4)c4ccccc4-c4cccc2c43)C=C1. The Morgan fingerprint density at radius 3 is 1.80 bits per heavy atom. The monoisotopic (exact) mass is 892 g/mol. The summed E-state index contributed by atoms with van der Waals surface area (Å²) in [6.07, 6.45) is 10.3. The van der Waals surface area contributed by atoms with Crippen molar-refractivity contribution in [3.05, 3.63) is 312 Å². The van der Waals surface area contributed by atoms with Crippen molar-refractivity contribution in [2.75, 3.05) is 4.90 Å². The molecular formula is C68H48N2. The average Bonchev–Trinajstić information content (AvgIpc) is 3.94. The van der Waals surface area contributed by atoms with E-state index in [1.807, 2.05) is 0 Å². The summed E-state index contributed by atoms with van der Waals surface area (Å²) in [6.45, 7) is 0. The molecule has 1 aromatic heterocycles. The Labute approximate surface area is 409 Å². The fourth-order valence-electron chi connectivity index (χ4n) is 13.0. The van der Waals surface area contributed by atoms with Crippen molar-refractivity contribution in [3.63, 3.8) is 0 Å². The molecule has 3 atom stereocenters. The fraction of sp³-hybridized carbons (Fsp3) is 0.0588. The summed E-state index contributed by atoms with van der Waals surface area (Å²) in [5, 5.41) is 2.46. The molecule has 2 nitrogen and oxygen atoms in total. The summed E-state index contributed by atoms with van der Waals surface area (Å²) in [5.74, 6) is 0.142. The maximum absolute atomic E-state index is 2.51. The van der Waals surface area contributed by atoms with E-state index >= 15 is 0 Å². The van der Waals surface area contributed by atoms with Crippen LogP contribution in [-0.2, 0) is 10.8 Å². The highest BCUT2D eigenvalue weighted by Crippen LogP contribution is 2.66. The highest BCUT2D eigenvalue weighted by atomic mass is 15.1. The molecule has 0 N–H and O–H groups in total. The van der Waals surface area contributed by atoms with E-state index in [2.05, 4.69) is 282 Å². The van der Waals surface area contributed by atoms with Gasteiger partial charge < -0.3 is 9.47 Å². The van der Waals surface area contributed by atoms with Crippen molar-refractivity contribution in [2.24, 2.45) is 5.92 Å².